The molecule has 0 amide bonds. The van der Waals surface area contributed by atoms with Crippen molar-refractivity contribution in [3.8, 4) is 5.88 Å². The molecule has 6 heteroatoms. The van der Waals surface area contributed by atoms with Gasteiger partial charge >= 0.3 is 0 Å². The average Bonchev–Trinajstić information content (AvgIpc) is 3.33. The third kappa shape index (κ3) is 3.07. The first-order chi connectivity index (χ1) is 12.2. The van der Waals surface area contributed by atoms with Crippen LogP contribution in [-0.2, 0) is 11.3 Å². The highest BCUT2D eigenvalue weighted by Gasteiger charge is 2.21. The molecule has 1 atom stereocenters. The molecule has 0 spiro atoms. The fourth-order valence-electron chi connectivity index (χ4n) is 3.27. The standard InChI is InChI=1S/C19H20N2O3S/c1-12-7-15-8-16(18(22)14-3-4-17(23-2)20-9-14)25-19(15)21(12)10-13-5-6-24-11-13/h3-4,7-9,13H,5-6,10-11H2,1-2H3. The van der Waals surface area contributed by atoms with Gasteiger partial charge in [0.15, 0.2) is 0 Å². The van der Waals surface area contributed by atoms with E-state index in [0.717, 1.165) is 41.3 Å². The Bertz CT molecular complexity index is 905. The van der Waals surface area contributed by atoms with Crippen LogP contribution in [0.15, 0.2) is 30.5 Å². The first-order valence-corrected chi connectivity index (χ1v) is 9.19. The van der Waals surface area contributed by atoms with Gasteiger partial charge < -0.3 is 14.0 Å². The Balaban J connectivity index is 1.64. The Hall–Kier alpha value is -2.18. The Labute approximate surface area is 150 Å². The summed E-state index contributed by atoms with van der Waals surface area (Å²) in [6.45, 7) is 4.76. The highest BCUT2D eigenvalue weighted by Crippen LogP contribution is 2.32. The fourth-order valence-corrected chi connectivity index (χ4v) is 4.44. The second kappa shape index (κ2) is 6.61. The molecular formula is C19H20N2O3S. The number of fused-ring (bicyclic) bond motifs is 1. The number of pyridine rings is 1. The van der Waals surface area contributed by atoms with Gasteiger partial charge in [-0.05, 0) is 31.5 Å². The van der Waals surface area contributed by atoms with E-state index in [0.29, 0.717) is 17.4 Å². The van der Waals surface area contributed by atoms with E-state index in [1.165, 1.54) is 5.69 Å². The Kier molecular flexibility index (Phi) is 4.31. The molecule has 4 rings (SSSR count). The first-order valence-electron chi connectivity index (χ1n) is 8.38. The zero-order valence-corrected chi connectivity index (χ0v) is 15.1. The molecule has 5 nitrogen and oxygen atoms in total. The Morgan fingerprint density at radius 3 is 3.00 bits per heavy atom. The van der Waals surface area contributed by atoms with Crippen molar-refractivity contribution in [3.63, 3.8) is 0 Å². The second-order valence-electron chi connectivity index (χ2n) is 6.42. The predicted octanol–water partition coefficient (Wildman–Crippen LogP) is 3.68. The smallest absolute Gasteiger partial charge is 0.212 e. The lowest BCUT2D eigenvalue weighted by Crippen LogP contribution is -2.11. The van der Waals surface area contributed by atoms with Gasteiger partial charge in [0.2, 0.25) is 11.7 Å². The van der Waals surface area contributed by atoms with Gasteiger partial charge in [-0.15, -0.1) is 11.3 Å². The van der Waals surface area contributed by atoms with E-state index in [-0.39, 0.29) is 5.78 Å². The largest absolute Gasteiger partial charge is 0.481 e. The van der Waals surface area contributed by atoms with Crippen molar-refractivity contribution in [2.75, 3.05) is 20.3 Å². The van der Waals surface area contributed by atoms with Crippen LogP contribution in [-0.4, -0.2) is 35.7 Å². The number of nitrogens with zero attached hydrogens (tertiary/aromatic N) is 2. The third-order valence-corrected chi connectivity index (χ3v) is 5.84. The summed E-state index contributed by atoms with van der Waals surface area (Å²) in [5, 5.41) is 1.13. The van der Waals surface area contributed by atoms with Gasteiger partial charge in [0.25, 0.3) is 0 Å². The van der Waals surface area contributed by atoms with E-state index < -0.39 is 0 Å². The second-order valence-corrected chi connectivity index (χ2v) is 7.45. The third-order valence-electron chi connectivity index (χ3n) is 4.67. The van der Waals surface area contributed by atoms with Crippen molar-refractivity contribution in [2.45, 2.75) is 19.9 Å². The van der Waals surface area contributed by atoms with Gasteiger partial charge in [-0.25, -0.2) is 4.98 Å². The SMILES string of the molecule is COc1ccc(C(=O)c2cc3cc(C)n(CC4CCOC4)c3s2)cn1. The van der Waals surface area contributed by atoms with Gasteiger partial charge in [-0.3, -0.25) is 4.79 Å². The van der Waals surface area contributed by atoms with Crippen LogP contribution in [0.2, 0.25) is 0 Å². The highest BCUT2D eigenvalue weighted by molar-refractivity contribution is 7.20. The van der Waals surface area contributed by atoms with Crippen LogP contribution in [0.4, 0.5) is 0 Å². The van der Waals surface area contributed by atoms with Gasteiger partial charge in [0.05, 0.1) is 18.6 Å². The van der Waals surface area contributed by atoms with Crippen molar-refractivity contribution in [1.82, 2.24) is 9.55 Å². The van der Waals surface area contributed by atoms with Crippen LogP contribution in [0.3, 0.4) is 0 Å². The molecule has 25 heavy (non-hydrogen) atoms. The van der Waals surface area contributed by atoms with Gasteiger partial charge in [-0.2, -0.15) is 0 Å². The van der Waals surface area contributed by atoms with Crippen molar-refractivity contribution in [1.29, 1.82) is 0 Å². The summed E-state index contributed by atoms with van der Waals surface area (Å²) < 4.78 is 12.9. The van der Waals surface area contributed by atoms with Gasteiger partial charge in [0, 0.05) is 48.0 Å². The van der Waals surface area contributed by atoms with E-state index in [9.17, 15) is 4.79 Å². The molecule has 1 fully saturated rings. The topological polar surface area (TPSA) is 53.4 Å². The molecule has 1 aliphatic rings. The number of hydrogen-bond acceptors (Lipinski definition) is 5. The van der Waals surface area contributed by atoms with Crippen molar-refractivity contribution >= 4 is 27.3 Å². The monoisotopic (exact) mass is 356 g/mol. The lowest BCUT2D eigenvalue weighted by molar-refractivity contribution is 0.104. The number of rotatable bonds is 5. The van der Waals surface area contributed by atoms with E-state index in [1.807, 2.05) is 6.07 Å². The summed E-state index contributed by atoms with van der Waals surface area (Å²) in [7, 11) is 1.56. The zero-order chi connectivity index (χ0) is 17.4. The molecular weight excluding hydrogens is 336 g/mol. The van der Waals surface area contributed by atoms with Crippen molar-refractivity contribution in [3.05, 3.63) is 46.6 Å². The van der Waals surface area contributed by atoms with Crippen LogP contribution in [0.1, 0.15) is 27.3 Å². The molecule has 0 N–H and O–H groups in total. The Morgan fingerprint density at radius 2 is 2.32 bits per heavy atom. The van der Waals surface area contributed by atoms with Crippen LogP contribution >= 0.6 is 11.3 Å². The molecule has 1 saturated heterocycles. The number of thiophene rings is 1. The van der Waals surface area contributed by atoms with Crippen molar-refractivity contribution < 1.29 is 14.3 Å². The van der Waals surface area contributed by atoms with Crippen LogP contribution in [0.5, 0.6) is 5.88 Å². The number of hydrogen-bond donors (Lipinski definition) is 0. The summed E-state index contributed by atoms with van der Waals surface area (Å²) in [5.74, 6) is 1.07. The average molecular weight is 356 g/mol. The molecule has 130 valence electrons. The molecule has 3 aromatic heterocycles. The summed E-state index contributed by atoms with van der Waals surface area (Å²) in [6, 6.07) is 7.62. The van der Waals surface area contributed by atoms with E-state index >= 15 is 0 Å². The minimum atomic E-state index is 0.00440. The molecule has 4 heterocycles. The maximum Gasteiger partial charge on any atom is 0.212 e. The maximum atomic E-state index is 12.8. The molecule has 1 unspecified atom stereocenters. The molecule has 0 saturated carbocycles. The number of methoxy groups -OCH3 is 1. The number of aryl methyl sites for hydroxylation is 1. The summed E-state index contributed by atoms with van der Waals surface area (Å²) in [4.78, 5) is 18.8. The van der Waals surface area contributed by atoms with Crippen molar-refractivity contribution in [2.24, 2.45) is 5.92 Å². The Morgan fingerprint density at radius 1 is 1.44 bits per heavy atom. The molecule has 3 aromatic rings. The van der Waals surface area contributed by atoms with E-state index in [4.69, 9.17) is 9.47 Å². The van der Waals surface area contributed by atoms with Crippen LogP contribution in [0, 0.1) is 12.8 Å². The lowest BCUT2D eigenvalue weighted by atomic mass is 10.1. The number of ketones is 1. The predicted molar refractivity (Wildman–Crippen MR) is 97.7 cm³/mol. The van der Waals surface area contributed by atoms with Gasteiger partial charge in [0.1, 0.15) is 4.83 Å². The molecule has 0 bridgehead atoms. The summed E-state index contributed by atoms with van der Waals surface area (Å²) in [6.07, 6.45) is 2.68. The number of carbonyl (C=O) groups is 1. The molecule has 0 radical (unpaired) electrons. The minimum absolute atomic E-state index is 0.00440. The first kappa shape index (κ1) is 16.3. The van der Waals surface area contributed by atoms with Gasteiger partial charge in [-0.1, -0.05) is 0 Å². The summed E-state index contributed by atoms with van der Waals surface area (Å²) >= 11 is 1.55. The number of aromatic nitrogens is 2. The van der Waals surface area contributed by atoms with E-state index in [2.05, 4.69) is 22.5 Å². The maximum absolute atomic E-state index is 12.8. The minimum Gasteiger partial charge on any atom is -0.481 e. The van der Waals surface area contributed by atoms with E-state index in [1.54, 1.807) is 36.8 Å². The van der Waals surface area contributed by atoms with Crippen LogP contribution in [0.25, 0.3) is 10.2 Å². The number of carbonyl (C=O) groups excluding carboxylic acids is 1. The molecule has 0 aliphatic carbocycles. The lowest BCUT2D eigenvalue weighted by Gasteiger charge is -2.11. The quantitative estimate of drug-likeness (QED) is 0.655. The normalized spacial score (nSPS) is 17.3. The number of ether oxygens (including phenoxy) is 2. The fraction of sp³-hybridized carbons (Fsp3) is 0.368. The zero-order valence-electron chi connectivity index (χ0n) is 14.3. The summed E-state index contributed by atoms with van der Waals surface area (Å²) in [5.41, 5.74) is 1.82. The molecule has 1 aliphatic heterocycles. The van der Waals surface area contributed by atoms with Crippen LogP contribution < -0.4 is 4.74 Å². The molecule has 0 aromatic carbocycles. The highest BCUT2D eigenvalue weighted by atomic mass is 32.1.